The Kier molecular flexibility index (Phi) is 6.46. The van der Waals surface area contributed by atoms with Crippen molar-refractivity contribution < 1.29 is 36.2 Å². The van der Waals surface area contributed by atoms with E-state index in [1.165, 1.54) is 0 Å². The Bertz CT molecular complexity index is 700. The fraction of sp³-hybridized carbons (Fsp3) is 0.765. The summed E-state index contributed by atoms with van der Waals surface area (Å²) in [6.07, 6.45) is -11.2. The Morgan fingerprint density at radius 3 is 2.33 bits per heavy atom. The molecule has 1 aromatic heterocycles. The van der Waals surface area contributed by atoms with Crippen molar-refractivity contribution in [3.63, 3.8) is 0 Å². The maximum absolute atomic E-state index is 13.0. The molecule has 0 amide bonds. The molecule has 2 N–H and O–H groups in total. The summed E-state index contributed by atoms with van der Waals surface area (Å²) in [5, 5.41) is 12.7. The Hall–Kier alpha value is -1.70. The molecule has 0 spiro atoms. The summed E-state index contributed by atoms with van der Waals surface area (Å²) in [5.41, 5.74) is -6.51. The summed E-state index contributed by atoms with van der Waals surface area (Å²) in [6.45, 7) is 6.07. The van der Waals surface area contributed by atoms with E-state index in [2.05, 4.69) is 20.2 Å². The van der Waals surface area contributed by atoms with E-state index in [0.717, 1.165) is 6.54 Å². The number of nitrogens with zero attached hydrogens (tertiary/aromatic N) is 4. The van der Waals surface area contributed by atoms with Crippen molar-refractivity contribution in [2.45, 2.75) is 37.0 Å². The smallest absolute Gasteiger partial charge is 0.379 e. The standard InChI is InChI=1S/C17H23F6N5O2/c1-11-10-30-5-4-27(11)9-13-8-24-2-3-28(13)14-25-6-12(7-26-14)15(29,16(18,19)20)17(21,22)23/h6-7,11,13,24,29H,2-5,8-10H2,1H3. The molecule has 0 bridgehead atoms. The largest absolute Gasteiger partial charge is 0.430 e. The Morgan fingerprint density at radius 1 is 1.13 bits per heavy atom. The van der Waals surface area contributed by atoms with Crippen molar-refractivity contribution in [2.75, 3.05) is 50.8 Å². The van der Waals surface area contributed by atoms with Gasteiger partial charge in [0.25, 0.3) is 5.60 Å². The maximum atomic E-state index is 13.0. The Balaban J connectivity index is 1.83. The molecule has 1 aromatic rings. The molecule has 0 aliphatic carbocycles. The zero-order valence-electron chi connectivity index (χ0n) is 16.2. The lowest BCUT2D eigenvalue weighted by atomic mass is 9.95. The molecule has 2 aliphatic heterocycles. The van der Waals surface area contributed by atoms with E-state index in [0.29, 0.717) is 51.8 Å². The first kappa shape index (κ1) is 23.0. The predicted octanol–water partition coefficient (Wildman–Crippen LogP) is 1.29. The lowest BCUT2D eigenvalue weighted by molar-refractivity contribution is -0.376. The maximum Gasteiger partial charge on any atom is 0.430 e. The van der Waals surface area contributed by atoms with Crippen molar-refractivity contribution in [3.05, 3.63) is 18.0 Å². The third-order valence-corrected chi connectivity index (χ3v) is 5.43. The van der Waals surface area contributed by atoms with Crippen molar-refractivity contribution in [1.82, 2.24) is 20.2 Å². The molecule has 0 aromatic carbocycles. The minimum atomic E-state index is -5.97. The third-order valence-electron chi connectivity index (χ3n) is 5.43. The number of hydrogen-bond acceptors (Lipinski definition) is 7. The second kappa shape index (κ2) is 8.44. The summed E-state index contributed by atoms with van der Waals surface area (Å²) < 4.78 is 83.7. The number of aromatic nitrogens is 2. The molecule has 2 fully saturated rings. The van der Waals surface area contributed by atoms with Gasteiger partial charge in [-0.3, -0.25) is 4.90 Å². The monoisotopic (exact) mass is 443 g/mol. The van der Waals surface area contributed by atoms with Crippen LogP contribution in [-0.2, 0) is 10.3 Å². The lowest BCUT2D eigenvalue weighted by Crippen LogP contribution is -2.59. The molecule has 2 unspecified atom stereocenters. The summed E-state index contributed by atoms with van der Waals surface area (Å²) >= 11 is 0. The molecule has 3 rings (SSSR count). The zero-order valence-corrected chi connectivity index (χ0v) is 16.2. The summed E-state index contributed by atoms with van der Waals surface area (Å²) in [5.74, 6) is 0.0119. The molecule has 2 atom stereocenters. The van der Waals surface area contributed by atoms with Crippen molar-refractivity contribution in [3.8, 4) is 0 Å². The van der Waals surface area contributed by atoms with Gasteiger partial charge in [-0.05, 0) is 6.92 Å². The third kappa shape index (κ3) is 4.34. The number of rotatable bonds is 4. The molecule has 0 saturated carbocycles. The highest BCUT2D eigenvalue weighted by atomic mass is 19.4. The van der Waals surface area contributed by atoms with Crippen LogP contribution in [0.3, 0.4) is 0 Å². The Morgan fingerprint density at radius 2 is 1.77 bits per heavy atom. The number of alkyl halides is 6. The highest BCUT2D eigenvalue weighted by Crippen LogP contribution is 2.49. The van der Waals surface area contributed by atoms with Crippen LogP contribution in [0.2, 0.25) is 0 Å². The van der Waals surface area contributed by atoms with Crippen LogP contribution in [-0.4, -0.2) is 90.3 Å². The van der Waals surface area contributed by atoms with Crippen LogP contribution in [0.5, 0.6) is 0 Å². The molecule has 30 heavy (non-hydrogen) atoms. The highest BCUT2D eigenvalue weighted by molar-refractivity contribution is 5.35. The van der Waals surface area contributed by atoms with E-state index in [4.69, 9.17) is 4.74 Å². The number of aliphatic hydroxyl groups is 1. The minimum absolute atomic E-state index is 0.0119. The first-order valence-corrected chi connectivity index (χ1v) is 9.42. The molecular weight excluding hydrogens is 420 g/mol. The second-order valence-corrected chi connectivity index (χ2v) is 7.45. The van der Waals surface area contributed by atoms with Crippen LogP contribution in [0.1, 0.15) is 12.5 Å². The van der Waals surface area contributed by atoms with Gasteiger partial charge >= 0.3 is 12.4 Å². The van der Waals surface area contributed by atoms with Crippen LogP contribution in [0.15, 0.2) is 12.4 Å². The number of piperazine rings is 1. The van der Waals surface area contributed by atoms with Gasteiger partial charge in [-0.25, -0.2) is 9.97 Å². The molecule has 170 valence electrons. The topological polar surface area (TPSA) is 73.8 Å². The average Bonchev–Trinajstić information content (AvgIpc) is 2.68. The van der Waals surface area contributed by atoms with Gasteiger partial charge in [0.15, 0.2) is 0 Å². The average molecular weight is 443 g/mol. The van der Waals surface area contributed by atoms with E-state index >= 15 is 0 Å². The van der Waals surface area contributed by atoms with Gasteiger partial charge in [0.2, 0.25) is 5.95 Å². The number of ether oxygens (including phenoxy) is 1. The molecule has 3 heterocycles. The second-order valence-electron chi connectivity index (χ2n) is 7.45. The van der Waals surface area contributed by atoms with Crippen LogP contribution in [0.4, 0.5) is 32.3 Å². The van der Waals surface area contributed by atoms with Crippen LogP contribution in [0, 0.1) is 0 Å². The first-order valence-electron chi connectivity index (χ1n) is 9.42. The van der Waals surface area contributed by atoms with E-state index in [1.807, 2.05) is 6.92 Å². The van der Waals surface area contributed by atoms with Gasteiger partial charge in [-0.1, -0.05) is 0 Å². The summed E-state index contributed by atoms with van der Waals surface area (Å²) in [6, 6.07) is 0.0497. The van der Waals surface area contributed by atoms with Gasteiger partial charge in [-0.2, -0.15) is 26.3 Å². The fourth-order valence-electron chi connectivity index (χ4n) is 3.64. The molecule has 2 saturated heterocycles. The summed E-state index contributed by atoms with van der Waals surface area (Å²) in [4.78, 5) is 11.4. The Labute approximate surface area is 169 Å². The van der Waals surface area contributed by atoms with Crippen molar-refractivity contribution >= 4 is 5.95 Å². The quantitative estimate of drug-likeness (QED) is 0.680. The highest BCUT2D eigenvalue weighted by Gasteiger charge is 2.71. The van der Waals surface area contributed by atoms with Gasteiger partial charge in [-0.15, -0.1) is 0 Å². The van der Waals surface area contributed by atoms with Crippen LogP contribution in [0.25, 0.3) is 0 Å². The number of anilines is 1. The van der Waals surface area contributed by atoms with Gasteiger partial charge < -0.3 is 20.1 Å². The molecule has 7 nitrogen and oxygen atoms in total. The van der Waals surface area contributed by atoms with E-state index < -0.39 is 23.5 Å². The number of nitrogens with one attached hydrogen (secondary N) is 1. The van der Waals surface area contributed by atoms with Crippen molar-refractivity contribution in [1.29, 1.82) is 0 Å². The van der Waals surface area contributed by atoms with Gasteiger partial charge in [0.1, 0.15) is 0 Å². The zero-order chi connectivity index (χ0) is 22.2. The SMILES string of the molecule is CC1COCCN1CC1CNCCN1c1ncc(C(O)(C(F)(F)F)C(F)(F)F)cn1. The number of hydrogen-bond donors (Lipinski definition) is 2. The number of morpholine rings is 1. The number of halogens is 6. The minimum Gasteiger partial charge on any atom is -0.379 e. The van der Waals surface area contributed by atoms with Crippen LogP contribution < -0.4 is 10.2 Å². The van der Waals surface area contributed by atoms with Gasteiger partial charge in [0, 0.05) is 56.7 Å². The molecule has 13 heteroatoms. The predicted molar refractivity (Wildman–Crippen MR) is 93.9 cm³/mol. The van der Waals surface area contributed by atoms with Crippen molar-refractivity contribution in [2.24, 2.45) is 0 Å². The molecule has 0 radical (unpaired) electrons. The first-order chi connectivity index (χ1) is 13.9. The molecular formula is C17H23F6N5O2. The van der Waals surface area contributed by atoms with Crippen LogP contribution >= 0.6 is 0 Å². The lowest BCUT2D eigenvalue weighted by Gasteiger charge is -2.42. The van der Waals surface area contributed by atoms with Gasteiger partial charge in [0.05, 0.1) is 19.3 Å². The summed E-state index contributed by atoms with van der Waals surface area (Å²) in [7, 11) is 0. The molecule has 2 aliphatic rings. The van der Waals surface area contributed by atoms with E-state index in [-0.39, 0.29) is 18.0 Å². The van der Waals surface area contributed by atoms with E-state index in [9.17, 15) is 31.4 Å². The normalized spacial score (nSPS) is 24.9. The fourth-order valence-corrected chi connectivity index (χ4v) is 3.64. The van der Waals surface area contributed by atoms with E-state index in [1.54, 1.807) is 4.90 Å².